The number of hydrogen-bond donors (Lipinski definition) is 0. The number of hydrogen-bond acceptors (Lipinski definition) is 3. The molecule has 1 aromatic carbocycles. The van der Waals surface area contributed by atoms with Crippen molar-refractivity contribution < 1.29 is 0 Å². The maximum Gasteiger partial charge on any atom is 0.0961 e. The van der Waals surface area contributed by atoms with Gasteiger partial charge >= 0.3 is 0 Å². The summed E-state index contributed by atoms with van der Waals surface area (Å²) in [7, 11) is 0. The molecule has 0 saturated carbocycles. The molecule has 1 fully saturated rings. The number of thiophene rings is 1. The van der Waals surface area contributed by atoms with Crippen LogP contribution in [0.2, 0.25) is 0 Å². The van der Waals surface area contributed by atoms with Gasteiger partial charge in [-0.25, -0.2) is 4.98 Å². The molecular weight excluding hydrogens is 266 g/mol. The summed E-state index contributed by atoms with van der Waals surface area (Å²) in [6.07, 6.45) is 1.99. The summed E-state index contributed by atoms with van der Waals surface area (Å²) in [4.78, 5) is 9.85. The summed E-state index contributed by atoms with van der Waals surface area (Å²) >= 11 is 1.91. The van der Waals surface area contributed by atoms with Crippen molar-refractivity contribution in [2.24, 2.45) is 0 Å². The third-order valence-electron chi connectivity index (χ3n) is 3.99. The van der Waals surface area contributed by atoms with Gasteiger partial charge in [0.05, 0.1) is 23.4 Å². The molecule has 3 nitrogen and oxygen atoms in total. The summed E-state index contributed by atoms with van der Waals surface area (Å²) in [6.45, 7) is 5.50. The zero-order valence-electron chi connectivity index (χ0n) is 11.5. The maximum atomic E-state index is 4.48. The largest absolute Gasteiger partial charge is 0.325 e. The molecule has 1 aliphatic heterocycles. The van der Waals surface area contributed by atoms with Crippen molar-refractivity contribution >= 4 is 22.4 Å². The van der Waals surface area contributed by atoms with Gasteiger partial charge in [0, 0.05) is 29.4 Å². The van der Waals surface area contributed by atoms with Gasteiger partial charge in [-0.05, 0) is 31.2 Å². The lowest BCUT2D eigenvalue weighted by molar-refractivity contribution is 0.102. The Bertz CT molecular complexity index is 737. The molecule has 0 amide bonds. The summed E-state index contributed by atoms with van der Waals surface area (Å²) in [5, 5.41) is 0. The average Bonchev–Trinajstić information content (AvgIpc) is 3.00. The van der Waals surface area contributed by atoms with E-state index in [1.807, 2.05) is 23.7 Å². The molecular formula is C16H17N3S. The number of aromatic nitrogens is 2. The number of aryl methyl sites for hydroxylation is 1. The molecule has 0 bridgehead atoms. The van der Waals surface area contributed by atoms with E-state index in [1.165, 1.54) is 15.3 Å². The Kier molecular flexibility index (Phi) is 2.86. The average molecular weight is 283 g/mol. The predicted octanol–water partition coefficient (Wildman–Crippen LogP) is 3.46. The van der Waals surface area contributed by atoms with Crippen LogP contribution in [0, 0.1) is 6.92 Å². The smallest absolute Gasteiger partial charge is 0.0961 e. The van der Waals surface area contributed by atoms with Crippen LogP contribution in [0.5, 0.6) is 0 Å². The fraction of sp³-hybridized carbons (Fsp3) is 0.312. The molecule has 0 unspecified atom stereocenters. The number of benzene rings is 1. The zero-order valence-corrected chi connectivity index (χ0v) is 12.3. The van der Waals surface area contributed by atoms with Crippen molar-refractivity contribution in [1.29, 1.82) is 0 Å². The highest BCUT2D eigenvalue weighted by atomic mass is 32.1. The second-order valence-corrected chi connectivity index (χ2v) is 6.87. The Labute approximate surface area is 122 Å². The molecule has 0 atom stereocenters. The van der Waals surface area contributed by atoms with E-state index < -0.39 is 0 Å². The number of nitrogens with zero attached hydrogens (tertiary/aromatic N) is 3. The number of likely N-dealkylation sites (tertiary alicyclic amines) is 1. The lowest BCUT2D eigenvalue weighted by atomic mass is 10.1. The summed E-state index contributed by atoms with van der Waals surface area (Å²) in [6, 6.07) is 13.4. The first kappa shape index (κ1) is 12.1. The standard InChI is InChI=1S/C16H17N3S/c1-12-6-7-14(20-12)10-18-8-13(9-18)19-11-17-15-4-2-3-5-16(15)19/h2-7,11,13H,8-10H2,1H3. The minimum atomic E-state index is 0.573. The van der Waals surface area contributed by atoms with Crippen LogP contribution in [0.1, 0.15) is 15.8 Å². The molecule has 1 saturated heterocycles. The molecule has 102 valence electrons. The number of imidazole rings is 1. The first-order valence-corrected chi connectivity index (χ1v) is 7.80. The van der Waals surface area contributed by atoms with Crippen molar-refractivity contribution in [2.75, 3.05) is 13.1 Å². The van der Waals surface area contributed by atoms with E-state index in [2.05, 4.69) is 51.7 Å². The molecule has 0 aliphatic carbocycles. The van der Waals surface area contributed by atoms with Gasteiger partial charge in [0.1, 0.15) is 0 Å². The van der Waals surface area contributed by atoms with Crippen LogP contribution in [0.25, 0.3) is 11.0 Å². The van der Waals surface area contributed by atoms with E-state index in [0.29, 0.717) is 6.04 Å². The van der Waals surface area contributed by atoms with E-state index >= 15 is 0 Å². The second-order valence-electron chi connectivity index (χ2n) is 5.50. The lowest BCUT2D eigenvalue weighted by Crippen LogP contribution is -2.46. The van der Waals surface area contributed by atoms with Crippen LogP contribution in [0.4, 0.5) is 0 Å². The first-order valence-electron chi connectivity index (χ1n) is 6.99. The third kappa shape index (κ3) is 2.05. The summed E-state index contributed by atoms with van der Waals surface area (Å²) in [5.74, 6) is 0. The summed E-state index contributed by atoms with van der Waals surface area (Å²) in [5.41, 5.74) is 2.35. The SMILES string of the molecule is Cc1ccc(CN2CC(n3cnc4ccccc43)C2)s1. The second kappa shape index (κ2) is 4.72. The third-order valence-corrected chi connectivity index (χ3v) is 4.97. The first-order chi connectivity index (χ1) is 9.79. The van der Waals surface area contributed by atoms with Gasteiger partial charge in [-0.1, -0.05) is 12.1 Å². The van der Waals surface area contributed by atoms with Gasteiger partial charge in [-0.2, -0.15) is 0 Å². The van der Waals surface area contributed by atoms with E-state index in [1.54, 1.807) is 0 Å². The van der Waals surface area contributed by atoms with Crippen LogP contribution in [-0.2, 0) is 6.54 Å². The van der Waals surface area contributed by atoms with Crippen molar-refractivity contribution in [3.05, 3.63) is 52.5 Å². The highest BCUT2D eigenvalue weighted by molar-refractivity contribution is 7.11. The molecule has 0 N–H and O–H groups in total. The predicted molar refractivity (Wildman–Crippen MR) is 83.1 cm³/mol. The number of fused-ring (bicyclic) bond motifs is 1. The number of rotatable bonds is 3. The van der Waals surface area contributed by atoms with E-state index in [0.717, 1.165) is 25.2 Å². The van der Waals surface area contributed by atoms with E-state index in [-0.39, 0.29) is 0 Å². The van der Waals surface area contributed by atoms with Gasteiger partial charge in [0.15, 0.2) is 0 Å². The van der Waals surface area contributed by atoms with E-state index in [4.69, 9.17) is 0 Å². The molecule has 2 aromatic heterocycles. The lowest BCUT2D eigenvalue weighted by Gasteiger charge is -2.39. The number of para-hydroxylation sites is 2. The molecule has 20 heavy (non-hydrogen) atoms. The molecule has 3 aromatic rings. The summed E-state index contributed by atoms with van der Waals surface area (Å²) < 4.78 is 2.32. The zero-order chi connectivity index (χ0) is 13.5. The molecule has 3 heterocycles. The van der Waals surface area contributed by atoms with Crippen molar-refractivity contribution in [3.8, 4) is 0 Å². The molecule has 4 rings (SSSR count). The van der Waals surface area contributed by atoms with Crippen molar-refractivity contribution in [3.63, 3.8) is 0 Å². The Morgan fingerprint density at radius 2 is 2.05 bits per heavy atom. The van der Waals surface area contributed by atoms with Gasteiger partial charge in [-0.3, -0.25) is 4.90 Å². The molecule has 4 heteroatoms. The van der Waals surface area contributed by atoms with Crippen molar-refractivity contribution in [2.45, 2.75) is 19.5 Å². The highest BCUT2D eigenvalue weighted by Crippen LogP contribution is 2.28. The Morgan fingerprint density at radius 3 is 2.85 bits per heavy atom. The van der Waals surface area contributed by atoms with Crippen LogP contribution in [0.3, 0.4) is 0 Å². The maximum absolute atomic E-state index is 4.48. The highest BCUT2D eigenvalue weighted by Gasteiger charge is 2.29. The van der Waals surface area contributed by atoms with Crippen LogP contribution in [-0.4, -0.2) is 27.5 Å². The van der Waals surface area contributed by atoms with Crippen molar-refractivity contribution in [1.82, 2.24) is 14.5 Å². The van der Waals surface area contributed by atoms with Gasteiger partial charge in [0.2, 0.25) is 0 Å². The minimum absolute atomic E-state index is 0.573. The van der Waals surface area contributed by atoms with E-state index in [9.17, 15) is 0 Å². The van der Waals surface area contributed by atoms with Gasteiger partial charge in [-0.15, -0.1) is 11.3 Å². The van der Waals surface area contributed by atoms with Crippen LogP contribution >= 0.6 is 11.3 Å². The Balaban J connectivity index is 1.46. The fourth-order valence-electron chi connectivity index (χ4n) is 2.91. The molecule has 0 spiro atoms. The fourth-order valence-corrected chi connectivity index (χ4v) is 3.84. The molecule has 1 aliphatic rings. The molecule has 0 radical (unpaired) electrons. The minimum Gasteiger partial charge on any atom is -0.325 e. The van der Waals surface area contributed by atoms with Crippen LogP contribution < -0.4 is 0 Å². The Hall–Kier alpha value is -1.65. The van der Waals surface area contributed by atoms with Gasteiger partial charge < -0.3 is 4.57 Å². The van der Waals surface area contributed by atoms with Crippen LogP contribution in [0.15, 0.2) is 42.7 Å². The van der Waals surface area contributed by atoms with Gasteiger partial charge in [0.25, 0.3) is 0 Å². The monoisotopic (exact) mass is 283 g/mol. The Morgan fingerprint density at radius 1 is 1.20 bits per heavy atom. The normalized spacial score (nSPS) is 16.6. The topological polar surface area (TPSA) is 21.1 Å². The quantitative estimate of drug-likeness (QED) is 0.734.